The van der Waals surface area contributed by atoms with Crippen LogP contribution in [0.3, 0.4) is 0 Å². The van der Waals surface area contributed by atoms with Crippen molar-refractivity contribution >= 4 is 18.0 Å². The number of amides is 2. The van der Waals surface area contributed by atoms with Crippen molar-refractivity contribution in [1.29, 1.82) is 0 Å². The van der Waals surface area contributed by atoms with Crippen molar-refractivity contribution in [3.63, 3.8) is 0 Å². The van der Waals surface area contributed by atoms with Gasteiger partial charge in [0, 0.05) is 6.54 Å². The summed E-state index contributed by atoms with van der Waals surface area (Å²) in [7, 11) is 0. The number of nitrogens with one attached hydrogen (secondary N) is 1. The summed E-state index contributed by atoms with van der Waals surface area (Å²) in [6.45, 7) is 9.35. The molecule has 0 bridgehead atoms. The third-order valence-electron chi connectivity index (χ3n) is 3.29. The van der Waals surface area contributed by atoms with Crippen molar-refractivity contribution in [1.82, 2.24) is 10.2 Å². The van der Waals surface area contributed by atoms with Gasteiger partial charge in [0.05, 0.1) is 0 Å². The zero-order valence-electron chi connectivity index (χ0n) is 13.9. The molecule has 0 aromatic carbocycles. The van der Waals surface area contributed by atoms with Crippen molar-refractivity contribution in [3.8, 4) is 0 Å². The van der Waals surface area contributed by atoms with Gasteiger partial charge in [0.2, 0.25) is 5.91 Å². The van der Waals surface area contributed by atoms with Crippen molar-refractivity contribution in [3.05, 3.63) is 0 Å². The van der Waals surface area contributed by atoms with E-state index in [4.69, 9.17) is 4.74 Å². The molecule has 0 aromatic rings. The number of aliphatic carboxylic acids is 1. The molecule has 0 spiro atoms. The van der Waals surface area contributed by atoms with Crippen LogP contribution in [0.4, 0.5) is 4.79 Å². The Morgan fingerprint density at radius 1 is 1.41 bits per heavy atom. The van der Waals surface area contributed by atoms with E-state index in [0.29, 0.717) is 19.4 Å². The highest BCUT2D eigenvalue weighted by atomic mass is 16.6. The van der Waals surface area contributed by atoms with E-state index in [-0.39, 0.29) is 11.8 Å². The van der Waals surface area contributed by atoms with Gasteiger partial charge in [0.25, 0.3) is 0 Å². The van der Waals surface area contributed by atoms with Crippen LogP contribution in [-0.4, -0.2) is 52.2 Å². The van der Waals surface area contributed by atoms with Crippen LogP contribution in [0.2, 0.25) is 0 Å². The number of alkyl carbamates (subject to hydrolysis) is 1. The molecule has 1 heterocycles. The van der Waals surface area contributed by atoms with E-state index < -0.39 is 29.7 Å². The lowest BCUT2D eigenvalue weighted by molar-refractivity contribution is -0.149. The minimum absolute atomic E-state index is 0.159. The topological polar surface area (TPSA) is 95.9 Å². The van der Waals surface area contributed by atoms with Crippen LogP contribution in [0.5, 0.6) is 0 Å². The first-order chi connectivity index (χ1) is 10.0. The highest BCUT2D eigenvalue weighted by molar-refractivity contribution is 5.91. The normalized spacial score (nSPS) is 20.2. The summed E-state index contributed by atoms with van der Waals surface area (Å²) >= 11 is 0. The van der Waals surface area contributed by atoms with E-state index in [1.165, 1.54) is 4.90 Å². The number of carbonyl (C=O) groups is 3. The molecule has 0 aromatic heterocycles. The Kier molecular flexibility index (Phi) is 5.79. The zero-order valence-corrected chi connectivity index (χ0v) is 13.9. The Balaban J connectivity index is 2.68. The van der Waals surface area contributed by atoms with Crippen LogP contribution < -0.4 is 5.32 Å². The second-order valence-corrected chi connectivity index (χ2v) is 7.00. The maximum Gasteiger partial charge on any atom is 0.408 e. The number of carboxylic acid groups (broad SMARTS) is 1. The zero-order chi connectivity index (χ0) is 17.1. The van der Waals surface area contributed by atoms with Gasteiger partial charge in [-0.05, 0) is 39.5 Å². The molecule has 1 aliphatic rings. The predicted molar refractivity (Wildman–Crippen MR) is 80.4 cm³/mol. The maximum absolute atomic E-state index is 12.3. The quantitative estimate of drug-likeness (QED) is 0.803. The lowest BCUT2D eigenvalue weighted by Gasteiger charge is -2.26. The first-order valence-electron chi connectivity index (χ1n) is 7.54. The van der Waals surface area contributed by atoms with Gasteiger partial charge in [-0.1, -0.05) is 13.8 Å². The molecular formula is C15H26N2O5. The molecule has 0 aliphatic carbocycles. The summed E-state index contributed by atoms with van der Waals surface area (Å²) in [5.41, 5.74) is -0.646. The first-order valence-corrected chi connectivity index (χ1v) is 7.54. The summed E-state index contributed by atoms with van der Waals surface area (Å²) in [6, 6.07) is -1.57. The highest BCUT2D eigenvalue weighted by Crippen LogP contribution is 2.20. The molecule has 22 heavy (non-hydrogen) atoms. The number of hydrogen-bond donors (Lipinski definition) is 2. The molecule has 2 amide bonds. The lowest BCUT2D eigenvalue weighted by atomic mass is 10.0. The fourth-order valence-corrected chi connectivity index (χ4v) is 2.40. The van der Waals surface area contributed by atoms with Gasteiger partial charge in [-0.3, -0.25) is 4.79 Å². The number of nitrogens with zero attached hydrogens (tertiary/aromatic N) is 1. The molecule has 1 fully saturated rings. The van der Waals surface area contributed by atoms with Gasteiger partial charge in [0.1, 0.15) is 17.7 Å². The SMILES string of the molecule is CC(C)C[C@H](C(=O)O)N1CC[C@@H](NC(=O)OC(C)(C)C)C1=O. The van der Waals surface area contributed by atoms with Crippen molar-refractivity contribution in [2.24, 2.45) is 5.92 Å². The molecule has 1 aliphatic heterocycles. The summed E-state index contributed by atoms with van der Waals surface area (Å²) in [5, 5.41) is 11.8. The first kappa shape index (κ1) is 18.3. The van der Waals surface area contributed by atoms with Crippen molar-refractivity contribution in [2.75, 3.05) is 6.54 Å². The molecule has 0 unspecified atom stereocenters. The Labute approximate surface area is 131 Å². The summed E-state index contributed by atoms with van der Waals surface area (Å²) < 4.78 is 5.12. The van der Waals surface area contributed by atoms with Crippen LogP contribution in [0.1, 0.15) is 47.5 Å². The summed E-state index contributed by atoms with van der Waals surface area (Å²) in [4.78, 5) is 36.8. The molecule has 1 saturated heterocycles. The number of carboxylic acids is 1. The van der Waals surface area contributed by atoms with Gasteiger partial charge in [-0.2, -0.15) is 0 Å². The van der Waals surface area contributed by atoms with Crippen molar-refractivity contribution in [2.45, 2.75) is 65.1 Å². The largest absolute Gasteiger partial charge is 0.480 e. The number of hydrogen-bond acceptors (Lipinski definition) is 4. The van der Waals surface area contributed by atoms with E-state index >= 15 is 0 Å². The van der Waals surface area contributed by atoms with Crippen molar-refractivity contribution < 1.29 is 24.2 Å². The van der Waals surface area contributed by atoms with E-state index in [1.807, 2.05) is 13.8 Å². The molecule has 126 valence electrons. The monoisotopic (exact) mass is 314 g/mol. The van der Waals surface area contributed by atoms with Gasteiger partial charge in [-0.25, -0.2) is 9.59 Å². The van der Waals surface area contributed by atoms with Gasteiger partial charge in [0.15, 0.2) is 0 Å². The van der Waals surface area contributed by atoms with Gasteiger partial charge in [-0.15, -0.1) is 0 Å². The molecule has 0 radical (unpaired) electrons. The fourth-order valence-electron chi connectivity index (χ4n) is 2.40. The van der Waals surface area contributed by atoms with Crippen LogP contribution in [0.25, 0.3) is 0 Å². The second kappa shape index (κ2) is 6.98. The summed E-state index contributed by atoms with van der Waals surface area (Å²) in [5.74, 6) is -1.22. The van der Waals surface area contributed by atoms with E-state index in [1.54, 1.807) is 20.8 Å². The second-order valence-electron chi connectivity index (χ2n) is 7.00. The number of ether oxygens (including phenoxy) is 1. The Morgan fingerprint density at radius 2 is 2.00 bits per heavy atom. The molecule has 7 nitrogen and oxygen atoms in total. The average Bonchev–Trinajstić information content (AvgIpc) is 2.65. The average molecular weight is 314 g/mol. The summed E-state index contributed by atoms with van der Waals surface area (Å²) in [6.07, 6.45) is 0.114. The van der Waals surface area contributed by atoms with E-state index in [9.17, 15) is 19.5 Å². The third kappa shape index (κ3) is 5.20. The van der Waals surface area contributed by atoms with Crippen LogP contribution in [-0.2, 0) is 14.3 Å². The molecule has 2 atom stereocenters. The molecule has 2 N–H and O–H groups in total. The fraction of sp³-hybridized carbons (Fsp3) is 0.800. The van der Waals surface area contributed by atoms with Gasteiger partial charge >= 0.3 is 12.1 Å². The minimum Gasteiger partial charge on any atom is -0.480 e. The van der Waals surface area contributed by atoms with Crippen LogP contribution >= 0.6 is 0 Å². The molecular weight excluding hydrogens is 288 g/mol. The highest BCUT2D eigenvalue weighted by Gasteiger charge is 2.40. The van der Waals surface area contributed by atoms with E-state index in [2.05, 4.69) is 5.32 Å². The number of likely N-dealkylation sites (tertiary alicyclic amines) is 1. The lowest BCUT2D eigenvalue weighted by Crippen LogP contribution is -2.48. The molecule has 1 rings (SSSR count). The minimum atomic E-state index is -1.01. The Bertz CT molecular complexity index is 442. The third-order valence-corrected chi connectivity index (χ3v) is 3.29. The van der Waals surface area contributed by atoms with Gasteiger partial charge < -0.3 is 20.1 Å². The number of carbonyl (C=O) groups excluding carboxylic acids is 2. The standard InChI is InChI=1S/C15H26N2O5/c1-9(2)8-11(13(19)20)17-7-6-10(12(17)18)16-14(21)22-15(3,4)5/h9-11H,6-8H2,1-5H3,(H,16,21)(H,19,20)/t10-,11-/m1/s1. The van der Waals surface area contributed by atoms with Crippen LogP contribution in [0, 0.1) is 5.92 Å². The molecule has 0 saturated carbocycles. The Hall–Kier alpha value is -1.79. The molecule has 7 heteroatoms. The van der Waals surface area contributed by atoms with Crippen LogP contribution in [0.15, 0.2) is 0 Å². The Morgan fingerprint density at radius 3 is 2.45 bits per heavy atom. The van der Waals surface area contributed by atoms with E-state index in [0.717, 1.165) is 0 Å². The smallest absolute Gasteiger partial charge is 0.408 e. The maximum atomic E-state index is 12.3. The predicted octanol–water partition coefficient (Wildman–Crippen LogP) is 1.61. The number of rotatable bonds is 5.